The number of rotatable bonds is 6. The molecule has 1 amide bonds. The lowest BCUT2D eigenvalue weighted by atomic mass is 10.2. The summed E-state index contributed by atoms with van der Waals surface area (Å²) in [5, 5.41) is 6.63. The molecular weight excluding hydrogens is 451 g/mol. The summed E-state index contributed by atoms with van der Waals surface area (Å²) >= 11 is 0. The molecule has 0 aromatic heterocycles. The van der Waals surface area contributed by atoms with Crippen LogP contribution in [0.25, 0.3) is 0 Å². The van der Waals surface area contributed by atoms with E-state index in [0.717, 1.165) is 36.7 Å². The Hall–Kier alpha value is -2.09. The van der Waals surface area contributed by atoms with Gasteiger partial charge in [-0.15, -0.1) is 24.0 Å². The SMILES string of the molecule is CCNC(=NCc1ccccc1)NCc1ccc(N2CCCC2=O)cc1.I. The summed E-state index contributed by atoms with van der Waals surface area (Å²) in [6, 6.07) is 18.4. The molecule has 2 N–H and O–H groups in total. The van der Waals surface area contributed by atoms with Crippen molar-refractivity contribution < 1.29 is 4.79 Å². The third-order valence-corrected chi connectivity index (χ3v) is 4.39. The summed E-state index contributed by atoms with van der Waals surface area (Å²) in [6.07, 6.45) is 1.61. The average Bonchev–Trinajstić information content (AvgIpc) is 3.11. The molecule has 3 rings (SSSR count). The fourth-order valence-electron chi connectivity index (χ4n) is 3.00. The van der Waals surface area contributed by atoms with Crippen molar-refractivity contribution in [1.29, 1.82) is 0 Å². The highest BCUT2D eigenvalue weighted by Crippen LogP contribution is 2.21. The van der Waals surface area contributed by atoms with Crippen molar-refractivity contribution >= 4 is 41.5 Å². The van der Waals surface area contributed by atoms with Gasteiger partial charge in [0.05, 0.1) is 6.54 Å². The number of carbonyl (C=O) groups excluding carboxylic acids is 1. The Labute approximate surface area is 178 Å². The average molecular weight is 478 g/mol. The van der Waals surface area contributed by atoms with Crippen LogP contribution in [0.1, 0.15) is 30.9 Å². The Kier molecular flexibility index (Phi) is 8.57. The van der Waals surface area contributed by atoms with Crippen LogP contribution in [-0.4, -0.2) is 25.0 Å². The molecule has 0 spiro atoms. The molecule has 2 aromatic rings. The van der Waals surface area contributed by atoms with Gasteiger partial charge >= 0.3 is 0 Å². The molecule has 0 saturated carbocycles. The van der Waals surface area contributed by atoms with Gasteiger partial charge in [-0.3, -0.25) is 4.79 Å². The number of nitrogens with zero attached hydrogens (tertiary/aromatic N) is 2. The minimum atomic E-state index is 0. The lowest BCUT2D eigenvalue weighted by Gasteiger charge is -2.16. The van der Waals surface area contributed by atoms with E-state index in [1.165, 1.54) is 5.56 Å². The normalized spacial score (nSPS) is 14.0. The predicted molar refractivity (Wildman–Crippen MR) is 122 cm³/mol. The maximum Gasteiger partial charge on any atom is 0.227 e. The monoisotopic (exact) mass is 478 g/mol. The Bertz CT molecular complexity index is 747. The van der Waals surface area contributed by atoms with E-state index < -0.39 is 0 Å². The maximum atomic E-state index is 11.8. The van der Waals surface area contributed by atoms with Crippen LogP contribution >= 0.6 is 24.0 Å². The molecule has 1 fully saturated rings. The van der Waals surface area contributed by atoms with Gasteiger partial charge in [-0.2, -0.15) is 0 Å². The number of hydrogen-bond donors (Lipinski definition) is 2. The molecule has 0 atom stereocenters. The first-order valence-electron chi connectivity index (χ1n) is 9.21. The highest BCUT2D eigenvalue weighted by Gasteiger charge is 2.21. The highest BCUT2D eigenvalue weighted by atomic mass is 127. The highest BCUT2D eigenvalue weighted by molar-refractivity contribution is 14.0. The molecule has 2 aromatic carbocycles. The first-order valence-corrected chi connectivity index (χ1v) is 9.21. The molecule has 1 aliphatic heterocycles. The standard InChI is InChI=1S/C21H26N4O.HI/c1-2-22-21(23-15-17-7-4-3-5-8-17)24-16-18-10-12-19(13-11-18)25-14-6-9-20(25)26;/h3-5,7-8,10-13H,2,6,9,14-16H2,1H3,(H2,22,23,24);1H. The molecule has 144 valence electrons. The van der Waals surface area contributed by atoms with Crippen molar-refractivity contribution in [1.82, 2.24) is 10.6 Å². The van der Waals surface area contributed by atoms with Gasteiger partial charge in [-0.25, -0.2) is 4.99 Å². The molecule has 6 heteroatoms. The molecular formula is C21H27IN4O. The number of guanidine groups is 1. The summed E-state index contributed by atoms with van der Waals surface area (Å²) in [5.41, 5.74) is 3.33. The minimum absolute atomic E-state index is 0. The van der Waals surface area contributed by atoms with Crippen LogP contribution in [0.15, 0.2) is 59.6 Å². The van der Waals surface area contributed by atoms with E-state index in [1.807, 2.05) is 35.2 Å². The Balaban J connectivity index is 0.00000261. The lowest BCUT2D eigenvalue weighted by Crippen LogP contribution is -2.36. The van der Waals surface area contributed by atoms with Gasteiger partial charge in [0.25, 0.3) is 0 Å². The smallest absolute Gasteiger partial charge is 0.227 e. The number of amides is 1. The molecule has 0 unspecified atom stereocenters. The van der Waals surface area contributed by atoms with Gasteiger partial charge in [-0.05, 0) is 36.6 Å². The van der Waals surface area contributed by atoms with Crippen LogP contribution in [-0.2, 0) is 17.9 Å². The van der Waals surface area contributed by atoms with Crippen LogP contribution in [0, 0.1) is 0 Å². The third-order valence-electron chi connectivity index (χ3n) is 4.39. The van der Waals surface area contributed by atoms with E-state index >= 15 is 0 Å². The maximum absolute atomic E-state index is 11.8. The molecule has 1 heterocycles. The van der Waals surface area contributed by atoms with Crippen molar-refractivity contribution in [2.45, 2.75) is 32.9 Å². The summed E-state index contributed by atoms with van der Waals surface area (Å²) in [4.78, 5) is 18.3. The molecule has 0 radical (unpaired) electrons. The molecule has 0 aliphatic carbocycles. The van der Waals surface area contributed by atoms with E-state index in [2.05, 4.69) is 46.8 Å². The summed E-state index contributed by atoms with van der Waals surface area (Å²) in [7, 11) is 0. The van der Waals surface area contributed by atoms with Crippen molar-refractivity contribution in [3.05, 3.63) is 65.7 Å². The minimum Gasteiger partial charge on any atom is -0.357 e. The number of halogens is 1. The van der Waals surface area contributed by atoms with Crippen molar-refractivity contribution in [2.24, 2.45) is 4.99 Å². The van der Waals surface area contributed by atoms with Gasteiger partial charge in [0.15, 0.2) is 5.96 Å². The topological polar surface area (TPSA) is 56.7 Å². The number of anilines is 1. The number of benzene rings is 2. The fourth-order valence-corrected chi connectivity index (χ4v) is 3.00. The second kappa shape index (κ2) is 10.9. The van der Waals surface area contributed by atoms with Crippen LogP contribution in [0.2, 0.25) is 0 Å². The number of carbonyl (C=O) groups is 1. The predicted octanol–water partition coefficient (Wildman–Crippen LogP) is 3.69. The van der Waals surface area contributed by atoms with Gasteiger partial charge in [0.2, 0.25) is 5.91 Å². The molecule has 1 saturated heterocycles. The second-order valence-electron chi connectivity index (χ2n) is 6.35. The van der Waals surface area contributed by atoms with Gasteiger partial charge in [-0.1, -0.05) is 42.5 Å². The molecule has 27 heavy (non-hydrogen) atoms. The Morgan fingerprint density at radius 3 is 2.41 bits per heavy atom. The van der Waals surface area contributed by atoms with E-state index in [4.69, 9.17) is 0 Å². The van der Waals surface area contributed by atoms with E-state index in [1.54, 1.807) is 0 Å². The Morgan fingerprint density at radius 1 is 1.04 bits per heavy atom. The van der Waals surface area contributed by atoms with Crippen molar-refractivity contribution in [2.75, 3.05) is 18.0 Å². The van der Waals surface area contributed by atoms with Crippen molar-refractivity contribution in [3.63, 3.8) is 0 Å². The molecule has 1 aliphatic rings. The fraction of sp³-hybridized carbons (Fsp3) is 0.333. The quantitative estimate of drug-likeness (QED) is 0.379. The van der Waals surface area contributed by atoms with Gasteiger partial charge < -0.3 is 15.5 Å². The van der Waals surface area contributed by atoms with Crippen LogP contribution in [0.4, 0.5) is 5.69 Å². The Morgan fingerprint density at radius 2 is 1.78 bits per heavy atom. The number of aliphatic imine (C=N–C) groups is 1. The third kappa shape index (κ3) is 6.23. The van der Waals surface area contributed by atoms with E-state index in [9.17, 15) is 4.79 Å². The zero-order valence-corrected chi connectivity index (χ0v) is 18.0. The second-order valence-corrected chi connectivity index (χ2v) is 6.35. The van der Waals surface area contributed by atoms with Gasteiger partial charge in [0, 0.05) is 31.7 Å². The zero-order valence-electron chi connectivity index (χ0n) is 15.6. The number of nitrogens with one attached hydrogen (secondary N) is 2. The summed E-state index contributed by atoms with van der Waals surface area (Å²) in [5.74, 6) is 1.02. The van der Waals surface area contributed by atoms with Crippen LogP contribution in [0.3, 0.4) is 0 Å². The van der Waals surface area contributed by atoms with Gasteiger partial charge in [0.1, 0.15) is 0 Å². The van der Waals surface area contributed by atoms with Crippen molar-refractivity contribution in [3.8, 4) is 0 Å². The zero-order chi connectivity index (χ0) is 18.2. The lowest BCUT2D eigenvalue weighted by molar-refractivity contribution is -0.117. The molecule has 0 bridgehead atoms. The summed E-state index contributed by atoms with van der Waals surface area (Å²) < 4.78 is 0. The summed E-state index contributed by atoms with van der Waals surface area (Å²) in [6.45, 7) is 5.03. The first-order chi connectivity index (χ1) is 12.8. The largest absolute Gasteiger partial charge is 0.357 e. The van der Waals surface area contributed by atoms with Crippen LogP contribution < -0.4 is 15.5 Å². The first kappa shape index (κ1) is 21.2. The number of hydrogen-bond acceptors (Lipinski definition) is 2. The van der Waals surface area contributed by atoms with E-state index in [-0.39, 0.29) is 29.9 Å². The van der Waals surface area contributed by atoms with Crippen LogP contribution in [0.5, 0.6) is 0 Å². The van der Waals surface area contributed by atoms with E-state index in [0.29, 0.717) is 19.5 Å². The molecule has 5 nitrogen and oxygen atoms in total.